The smallest absolute Gasteiger partial charge is 0.358 e. The van der Waals surface area contributed by atoms with E-state index >= 15 is 0 Å². The first-order chi connectivity index (χ1) is 7.64. The molecular formula is C8H5F5N2O2. The van der Waals surface area contributed by atoms with Crippen LogP contribution in [-0.2, 0) is 6.18 Å². The number of pyridine rings is 1. The highest BCUT2D eigenvalue weighted by Crippen LogP contribution is 2.40. The second-order valence-electron chi connectivity index (χ2n) is 3.10. The number of nitrogens with zero attached hydrogens (tertiary/aromatic N) is 2. The second-order valence-corrected chi connectivity index (χ2v) is 3.10. The summed E-state index contributed by atoms with van der Waals surface area (Å²) >= 11 is 0. The summed E-state index contributed by atoms with van der Waals surface area (Å²) in [5, 5.41) is 10.4. The normalized spacial score (nSPS) is 11.9. The minimum atomic E-state index is -5.09. The molecule has 0 aromatic carbocycles. The fourth-order valence-electron chi connectivity index (χ4n) is 1.26. The van der Waals surface area contributed by atoms with Crippen molar-refractivity contribution in [1.82, 2.24) is 4.98 Å². The van der Waals surface area contributed by atoms with E-state index in [-0.39, 0.29) is 5.69 Å². The summed E-state index contributed by atoms with van der Waals surface area (Å²) < 4.78 is 62.3. The molecule has 1 rings (SSSR count). The molecule has 0 atom stereocenters. The summed E-state index contributed by atoms with van der Waals surface area (Å²) in [5.41, 5.74) is -3.78. The zero-order valence-corrected chi connectivity index (χ0v) is 8.26. The topological polar surface area (TPSA) is 56.0 Å². The third-order valence-corrected chi connectivity index (χ3v) is 1.86. The first kappa shape index (κ1) is 13.3. The number of hydrogen-bond acceptors (Lipinski definition) is 3. The molecular weight excluding hydrogens is 251 g/mol. The Morgan fingerprint density at radius 1 is 1.41 bits per heavy atom. The molecule has 0 aliphatic rings. The van der Waals surface area contributed by atoms with Crippen LogP contribution in [0.2, 0.25) is 0 Å². The van der Waals surface area contributed by atoms with Gasteiger partial charge in [0.1, 0.15) is 5.56 Å². The van der Waals surface area contributed by atoms with Crippen LogP contribution >= 0.6 is 0 Å². The molecule has 1 aromatic heterocycles. The molecule has 0 bridgehead atoms. The van der Waals surface area contributed by atoms with Gasteiger partial charge >= 0.3 is 12.0 Å². The number of alkyl halides is 5. The van der Waals surface area contributed by atoms with Gasteiger partial charge in [0, 0.05) is 6.92 Å². The lowest BCUT2D eigenvalue weighted by Crippen LogP contribution is -2.13. The molecule has 0 fully saturated rings. The van der Waals surface area contributed by atoms with Crippen LogP contribution in [0.4, 0.5) is 27.8 Å². The minimum absolute atomic E-state index is 0.353. The van der Waals surface area contributed by atoms with Gasteiger partial charge in [-0.1, -0.05) is 0 Å². The summed E-state index contributed by atoms with van der Waals surface area (Å²) in [5.74, 6) is -1.47. The number of rotatable bonds is 2. The van der Waals surface area contributed by atoms with Crippen LogP contribution in [-0.4, -0.2) is 9.91 Å². The highest BCUT2D eigenvalue weighted by atomic mass is 19.4. The van der Waals surface area contributed by atoms with Crippen molar-refractivity contribution in [2.24, 2.45) is 0 Å². The first-order valence-electron chi connectivity index (χ1n) is 4.16. The maximum Gasteiger partial charge on any atom is 0.417 e. The van der Waals surface area contributed by atoms with E-state index in [1.807, 2.05) is 0 Å². The summed E-state index contributed by atoms with van der Waals surface area (Å²) in [6.45, 7) is 1.05. The molecule has 0 aliphatic carbocycles. The average Bonchev–Trinajstić information content (AvgIpc) is 2.14. The number of aromatic nitrogens is 1. The van der Waals surface area contributed by atoms with Gasteiger partial charge in [0.25, 0.3) is 6.43 Å². The Hall–Kier alpha value is -1.80. The van der Waals surface area contributed by atoms with Crippen LogP contribution in [0.5, 0.6) is 0 Å². The number of nitro groups is 1. The second kappa shape index (κ2) is 4.22. The van der Waals surface area contributed by atoms with Crippen molar-refractivity contribution >= 4 is 5.82 Å². The Labute approximate surface area is 91.2 Å². The van der Waals surface area contributed by atoms with Gasteiger partial charge < -0.3 is 10.1 Å². The van der Waals surface area contributed by atoms with Crippen LogP contribution in [0, 0.1) is 17.0 Å². The zero-order valence-electron chi connectivity index (χ0n) is 8.26. The van der Waals surface area contributed by atoms with Crippen LogP contribution in [0.15, 0.2) is 6.07 Å². The van der Waals surface area contributed by atoms with Crippen molar-refractivity contribution in [2.75, 3.05) is 0 Å². The van der Waals surface area contributed by atoms with E-state index < -0.39 is 34.5 Å². The van der Waals surface area contributed by atoms with E-state index in [1.54, 1.807) is 0 Å². The summed E-state index contributed by atoms with van der Waals surface area (Å²) in [6.07, 6.45) is -8.72. The lowest BCUT2D eigenvalue weighted by molar-refractivity contribution is -0.391. The Bertz CT molecular complexity index is 458. The molecule has 0 unspecified atom stereocenters. The lowest BCUT2D eigenvalue weighted by atomic mass is 10.1. The van der Waals surface area contributed by atoms with Crippen LogP contribution in [0.1, 0.15) is 23.2 Å². The highest BCUT2D eigenvalue weighted by Gasteiger charge is 2.41. The van der Waals surface area contributed by atoms with Crippen LogP contribution < -0.4 is 0 Å². The quantitative estimate of drug-likeness (QED) is 0.463. The molecule has 4 nitrogen and oxygen atoms in total. The maximum absolute atomic E-state index is 12.5. The van der Waals surface area contributed by atoms with Crippen LogP contribution in [0.3, 0.4) is 0 Å². The van der Waals surface area contributed by atoms with Gasteiger partial charge in [-0.3, -0.25) is 0 Å². The third-order valence-electron chi connectivity index (χ3n) is 1.86. The lowest BCUT2D eigenvalue weighted by Gasteiger charge is -2.11. The van der Waals surface area contributed by atoms with E-state index in [4.69, 9.17) is 0 Å². The van der Waals surface area contributed by atoms with Crippen molar-refractivity contribution in [3.05, 3.63) is 33.0 Å². The number of aryl methyl sites for hydroxylation is 1. The van der Waals surface area contributed by atoms with Crippen molar-refractivity contribution in [1.29, 1.82) is 0 Å². The van der Waals surface area contributed by atoms with Crippen LogP contribution in [0.25, 0.3) is 0 Å². The number of halogens is 5. The third kappa shape index (κ3) is 2.66. The average molecular weight is 256 g/mol. The Balaban J connectivity index is 3.64. The molecule has 0 radical (unpaired) electrons. The molecule has 1 aromatic rings. The van der Waals surface area contributed by atoms with E-state index in [0.29, 0.717) is 6.07 Å². The molecule has 0 saturated heterocycles. The molecule has 94 valence electrons. The van der Waals surface area contributed by atoms with Gasteiger partial charge in [-0.25, -0.2) is 8.78 Å². The van der Waals surface area contributed by atoms with E-state index in [2.05, 4.69) is 4.98 Å². The standard InChI is InChI=1S/C8H5F5N2O2/c1-3-2-4(8(11,12)13)5(6(9)10)7(14-3)15(16)17/h2,6H,1H3. The molecule has 17 heavy (non-hydrogen) atoms. The number of hydrogen-bond donors (Lipinski definition) is 0. The maximum atomic E-state index is 12.5. The van der Waals surface area contributed by atoms with Gasteiger partial charge in [-0.2, -0.15) is 13.2 Å². The monoisotopic (exact) mass is 256 g/mol. The highest BCUT2D eigenvalue weighted by molar-refractivity contribution is 5.43. The minimum Gasteiger partial charge on any atom is -0.358 e. The molecule has 1 heterocycles. The van der Waals surface area contributed by atoms with Gasteiger partial charge in [0.05, 0.1) is 5.56 Å². The molecule has 0 aliphatic heterocycles. The SMILES string of the molecule is Cc1cc(C(F)(F)F)c(C(F)F)c([N+](=O)[O-])n1. The van der Waals surface area contributed by atoms with Gasteiger partial charge in [0.2, 0.25) is 0 Å². The van der Waals surface area contributed by atoms with Gasteiger partial charge in [-0.05, 0) is 16.0 Å². The molecule has 0 saturated carbocycles. The Morgan fingerprint density at radius 3 is 2.29 bits per heavy atom. The fourth-order valence-corrected chi connectivity index (χ4v) is 1.26. The Morgan fingerprint density at radius 2 is 1.94 bits per heavy atom. The van der Waals surface area contributed by atoms with E-state index in [1.165, 1.54) is 0 Å². The summed E-state index contributed by atoms with van der Waals surface area (Å²) in [7, 11) is 0. The van der Waals surface area contributed by atoms with Gasteiger partial charge in [-0.15, -0.1) is 0 Å². The van der Waals surface area contributed by atoms with Crippen molar-refractivity contribution < 1.29 is 26.9 Å². The van der Waals surface area contributed by atoms with E-state index in [0.717, 1.165) is 6.92 Å². The van der Waals surface area contributed by atoms with E-state index in [9.17, 15) is 32.1 Å². The van der Waals surface area contributed by atoms with Crippen molar-refractivity contribution in [3.63, 3.8) is 0 Å². The molecule has 0 spiro atoms. The zero-order chi connectivity index (χ0) is 13.4. The summed E-state index contributed by atoms with van der Waals surface area (Å²) in [6, 6.07) is 0.356. The Kier molecular flexibility index (Phi) is 3.30. The summed E-state index contributed by atoms with van der Waals surface area (Å²) in [4.78, 5) is 12.1. The van der Waals surface area contributed by atoms with Crippen molar-refractivity contribution in [2.45, 2.75) is 19.5 Å². The predicted octanol–water partition coefficient (Wildman–Crippen LogP) is 3.25. The predicted molar refractivity (Wildman–Crippen MR) is 45.6 cm³/mol. The largest absolute Gasteiger partial charge is 0.417 e. The van der Waals surface area contributed by atoms with Crippen molar-refractivity contribution in [3.8, 4) is 0 Å². The molecule has 0 amide bonds. The van der Waals surface area contributed by atoms with Gasteiger partial charge in [0.15, 0.2) is 5.69 Å². The first-order valence-corrected chi connectivity index (χ1v) is 4.16. The molecule has 0 N–H and O–H groups in total. The molecule has 9 heteroatoms. The fraction of sp³-hybridized carbons (Fsp3) is 0.375.